The van der Waals surface area contributed by atoms with Gasteiger partial charge < -0.3 is 15.4 Å². The molecule has 2 aliphatic rings. The average Bonchev–Trinajstić information content (AvgIpc) is 3.30. The lowest BCUT2D eigenvalue weighted by molar-refractivity contribution is 0.0829. The van der Waals surface area contributed by atoms with Crippen LogP contribution in [0, 0.1) is 12.8 Å². The van der Waals surface area contributed by atoms with Crippen molar-refractivity contribution in [3.8, 4) is 0 Å². The monoisotopic (exact) mass is 367 g/mol. The molecule has 1 aromatic rings. The van der Waals surface area contributed by atoms with Crippen LogP contribution in [-0.4, -0.2) is 39.0 Å². The SMILES string of the molecule is CCS(=O)(=O)Nc1ccc(NC(=O)N[C@@H]2CCO[C@H]2C2CC2)cc1C. The van der Waals surface area contributed by atoms with Crippen LogP contribution in [0.2, 0.25) is 0 Å². The van der Waals surface area contributed by atoms with Crippen LogP contribution in [0.3, 0.4) is 0 Å². The second kappa shape index (κ2) is 7.21. The highest BCUT2D eigenvalue weighted by molar-refractivity contribution is 7.92. The van der Waals surface area contributed by atoms with E-state index in [0.717, 1.165) is 12.0 Å². The van der Waals surface area contributed by atoms with Gasteiger partial charge in [-0.25, -0.2) is 13.2 Å². The second-order valence-corrected chi connectivity index (χ2v) is 8.71. The first-order chi connectivity index (χ1) is 11.9. The third kappa shape index (κ3) is 4.64. The van der Waals surface area contributed by atoms with Gasteiger partial charge in [-0.2, -0.15) is 0 Å². The molecule has 3 N–H and O–H groups in total. The van der Waals surface area contributed by atoms with Crippen molar-refractivity contribution in [2.24, 2.45) is 5.92 Å². The quantitative estimate of drug-likeness (QED) is 0.719. The van der Waals surface area contributed by atoms with E-state index in [9.17, 15) is 13.2 Å². The van der Waals surface area contributed by atoms with Crippen LogP contribution in [0.5, 0.6) is 0 Å². The Balaban J connectivity index is 1.59. The fourth-order valence-corrected chi connectivity index (χ4v) is 3.79. The topological polar surface area (TPSA) is 96.5 Å². The number of urea groups is 1. The molecule has 7 nitrogen and oxygen atoms in total. The van der Waals surface area contributed by atoms with Gasteiger partial charge in [0.25, 0.3) is 0 Å². The summed E-state index contributed by atoms with van der Waals surface area (Å²) in [6.07, 6.45) is 3.33. The summed E-state index contributed by atoms with van der Waals surface area (Å²) in [4.78, 5) is 12.2. The van der Waals surface area contributed by atoms with Gasteiger partial charge in [0.15, 0.2) is 0 Å². The number of carbonyl (C=O) groups excluding carboxylic acids is 1. The Hall–Kier alpha value is -1.80. The van der Waals surface area contributed by atoms with Gasteiger partial charge in [-0.3, -0.25) is 4.72 Å². The van der Waals surface area contributed by atoms with Crippen molar-refractivity contribution in [3.63, 3.8) is 0 Å². The molecule has 0 spiro atoms. The average molecular weight is 367 g/mol. The number of amides is 2. The molecule has 0 radical (unpaired) electrons. The minimum absolute atomic E-state index is 0.0144. The first kappa shape index (κ1) is 18.0. The van der Waals surface area contributed by atoms with Gasteiger partial charge in [0, 0.05) is 12.3 Å². The van der Waals surface area contributed by atoms with Crippen molar-refractivity contribution in [2.45, 2.75) is 45.3 Å². The predicted molar refractivity (Wildman–Crippen MR) is 97.3 cm³/mol. The normalized spacial score (nSPS) is 23.3. The van der Waals surface area contributed by atoms with Gasteiger partial charge in [0.1, 0.15) is 0 Å². The molecule has 1 saturated carbocycles. The Kier molecular flexibility index (Phi) is 5.19. The van der Waals surface area contributed by atoms with Gasteiger partial charge in [-0.1, -0.05) is 0 Å². The van der Waals surface area contributed by atoms with Gasteiger partial charge in [0.2, 0.25) is 10.0 Å². The standard InChI is InChI=1S/C17H25N3O4S/c1-3-25(22,23)20-14-7-6-13(10-11(14)2)18-17(21)19-15-8-9-24-16(15)12-4-5-12/h6-7,10,12,15-16,20H,3-5,8-9H2,1-2H3,(H2,18,19,21)/t15-,16+/m1/s1. The van der Waals surface area contributed by atoms with Crippen LogP contribution in [0.15, 0.2) is 18.2 Å². The minimum atomic E-state index is -3.32. The Bertz CT molecular complexity index is 746. The maximum Gasteiger partial charge on any atom is 0.319 e. The van der Waals surface area contributed by atoms with Gasteiger partial charge in [-0.15, -0.1) is 0 Å². The number of hydrogen-bond donors (Lipinski definition) is 3. The predicted octanol–water partition coefficient (Wildman–Crippen LogP) is 2.45. The lowest BCUT2D eigenvalue weighted by Crippen LogP contribution is -2.43. The van der Waals surface area contributed by atoms with Gasteiger partial charge >= 0.3 is 6.03 Å². The molecule has 1 saturated heterocycles. The highest BCUT2D eigenvalue weighted by Crippen LogP contribution is 2.38. The zero-order valence-corrected chi connectivity index (χ0v) is 15.4. The molecule has 3 rings (SSSR count). The number of rotatable bonds is 6. The molecule has 2 fully saturated rings. The van der Waals surface area contributed by atoms with Crippen LogP contribution < -0.4 is 15.4 Å². The third-order valence-electron chi connectivity index (χ3n) is 4.67. The summed E-state index contributed by atoms with van der Waals surface area (Å²) in [6, 6.07) is 4.89. The molecule has 1 aromatic carbocycles. The Labute approximate surface area is 148 Å². The molecule has 0 bridgehead atoms. The van der Waals surface area contributed by atoms with Crippen LogP contribution in [-0.2, 0) is 14.8 Å². The number of nitrogens with one attached hydrogen (secondary N) is 3. The molecule has 25 heavy (non-hydrogen) atoms. The molecule has 0 aromatic heterocycles. The van der Waals surface area contributed by atoms with E-state index in [4.69, 9.17) is 4.74 Å². The molecule has 1 aliphatic heterocycles. The Morgan fingerprint density at radius 2 is 2.04 bits per heavy atom. The second-order valence-electron chi connectivity index (χ2n) is 6.70. The number of ether oxygens (including phenoxy) is 1. The number of hydrogen-bond acceptors (Lipinski definition) is 4. The molecule has 8 heteroatoms. The van der Waals surface area contributed by atoms with E-state index in [1.807, 2.05) is 0 Å². The van der Waals surface area contributed by atoms with Crippen molar-refractivity contribution < 1.29 is 17.9 Å². The fraction of sp³-hybridized carbons (Fsp3) is 0.588. The Morgan fingerprint density at radius 3 is 2.68 bits per heavy atom. The molecule has 1 heterocycles. The highest BCUT2D eigenvalue weighted by Gasteiger charge is 2.41. The number of carbonyl (C=O) groups is 1. The van der Waals surface area contributed by atoms with E-state index < -0.39 is 10.0 Å². The molecular weight excluding hydrogens is 342 g/mol. The lowest BCUT2D eigenvalue weighted by Gasteiger charge is -2.20. The van der Waals surface area contributed by atoms with Crippen molar-refractivity contribution in [2.75, 3.05) is 22.4 Å². The number of sulfonamides is 1. The summed E-state index contributed by atoms with van der Waals surface area (Å²) in [6.45, 7) is 4.07. The van der Waals surface area contributed by atoms with E-state index >= 15 is 0 Å². The lowest BCUT2D eigenvalue weighted by atomic mass is 10.1. The fourth-order valence-electron chi connectivity index (χ4n) is 3.09. The zero-order chi connectivity index (χ0) is 18.0. The molecule has 2 atom stereocenters. The van der Waals surface area contributed by atoms with E-state index in [2.05, 4.69) is 15.4 Å². The van der Waals surface area contributed by atoms with Gasteiger partial charge in [-0.05, 0) is 62.8 Å². The first-order valence-electron chi connectivity index (χ1n) is 8.68. The number of anilines is 2. The summed E-state index contributed by atoms with van der Waals surface area (Å²) < 4.78 is 31.6. The summed E-state index contributed by atoms with van der Waals surface area (Å²) in [5.74, 6) is 0.599. The van der Waals surface area contributed by atoms with E-state index in [-0.39, 0.29) is 23.9 Å². The highest BCUT2D eigenvalue weighted by atomic mass is 32.2. The third-order valence-corrected chi connectivity index (χ3v) is 5.96. The van der Waals surface area contributed by atoms with E-state index in [1.54, 1.807) is 32.0 Å². The first-order valence-corrected chi connectivity index (χ1v) is 10.3. The Morgan fingerprint density at radius 1 is 1.28 bits per heavy atom. The summed E-state index contributed by atoms with van der Waals surface area (Å²) >= 11 is 0. The van der Waals surface area contributed by atoms with Crippen molar-refractivity contribution in [1.29, 1.82) is 0 Å². The van der Waals surface area contributed by atoms with E-state index in [0.29, 0.717) is 23.9 Å². The number of benzene rings is 1. The molecule has 138 valence electrons. The van der Waals surface area contributed by atoms with Crippen molar-refractivity contribution >= 4 is 27.4 Å². The summed E-state index contributed by atoms with van der Waals surface area (Å²) in [5.41, 5.74) is 1.89. The zero-order valence-electron chi connectivity index (χ0n) is 14.5. The maximum absolute atomic E-state index is 12.2. The molecule has 0 unspecified atom stereocenters. The number of aryl methyl sites for hydroxylation is 1. The molecule has 1 aliphatic carbocycles. The maximum atomic E-state index is 12.2. The largest absolute Gasteiger partial charge is 0.376 e. The van der Waals surface area contributed by atoms with Crippen LogP contribution in [0.4, 0.5) is 16.2 Å². The summed E-state index contributed by atoms with van der Waals surface area (Å²) in [7, 11) is -3.32. The smallest absolute Gasteiger partial charge is 0.319 e. The van der Waals surface area contributed by atoms with Crippen molar-refractivity contribution in [3.05, 3.63) is 23.8 Å². The molecular formula is C17H25N3O4S. The van der Waals surface area contributed by atoms with Gasteiger partial charge in [0.05, 0.1) is 23.6 Å². The van der Waals surface area contributed by atoms with Crippen LogP contribution >= 0.6 is 0 Å². The minimum Gasteiger partial charge on any atom is -0.376 e. The summed E-state index contributed by atoms with van der Waals surface area (Å²) in [5, 5.41) is 5.80. The van der Waals surface area contributed by atoms with Crippen LogP contribution in [0.25, 0.3) is 0 Å². The van der Waals surface area contributed by atoms with E-state index in [1.165, 1.54) is 12.8 Å². The van der Waals surface area contributed by atoms with Crippen LogP contribution in [0.1, 0.15) is 31.7 Å². The van der Waals surface area contributed by atoms with Crippen molar-refractivity contribution in [1.82, 2.24) is 5.32 Å². The molecule has 2 amide bonds.